The van der Waals surface area contributed by atoms with E-state index in [0.29, 0.717) is 22.2 Å². The number of fused-ring (bicyclic) bond motifs is 2. The lowest BCUT2D eigenvalue weighted by Crippen LogP contribution is -2.22. The van der Waals surface area contributed by atoms with E-state index in [1.54, 1.807) is 18.5 Å². The molecule has 0 radical (unpaired) electrons. The number of rotatable bonds is 3. The Bertz CT molecular complexity index is 1460. The van der Waals surface area contributed by atoms with Crippen molar-refractivity contribution >= 4 is 21.8 Å². The van der Waals surface area contributed by atoms with E-state index in [1.807, 2.05) is 24.3 Å². The first-order valence-corrected chi connectivity index (χ1v) is 9.22. The van der Waals surface area contributed by atoms with Crippen LogP contribution < -0.4 is 5.56 Å². The Labute approximate surface area is 169 Å². The van der Waals surface area contributed by atoms with Crippen LogP contribution in [0.2, 0.25) is 0 Å². The fourth-order valence-electron chi connectivity index (χ4n) is 3.53. The molecule has 5 aromatic rings. The normalized spacial score (nSPS) is 11.3. The van der Waals surface area contributed by atoms with Gasteiger partial charge in [0.1, 0.15) is 17.2 Å². The summed E-state index contributed by atoms with van der Waals surface area (Å²) in [6.07, 6.45) is 7.52. The predicted molar refractivity (Wildman–Crippen MR) is 110 cm³/mol. The molecule has 146 valence electrons. The fourth-order valence-corrected chi connectivity index (χ4v) is 3.53. The maximum atomic E-state index is 14.9. The summed E-state index contributed by atoms with van der Waals surface area (Å²) in [6, 6.07) is 11.6. The van der Waals surface area contributed by atoms with Crippen LogP contribution in [0.3, 0.4) is 0 Å². The molecule has 5 nitrogen and oxygen atoms in total. The zero-order valence-electron chi connectivity index (χ0n) is 15.6. The maximum Gasteiger partial charge on any atom is 0.269 e. The van der Waals surface area contributed by atoms with E-state index < -0.39 is 17.2 Å². The van der Waals surface area contributed by atoms with Crippen LogP contribution in [0.5, 0.6) is 0 Å². The molecular formula is C23H14F2N4O. The molecule has 0 bridgehead atoms. The number of hydrogen-bond donors (Lipinski definition) is 0. The van der Waals surface area contributed by atoms with Gasteiger partial charge in [0, 0.05) is 29.5 Å². The highest BCUT2D eigenvalue weighted by Gasteiger charge is 2.15. The fraction of sp³-hybridized carbons (Fsp3) is 0.0435. The summed E-state index contributed by atoms with van der Waals surface area (Å²) in [5.74, 6) is -1.44. The van der Waals surface area contributed by atoms with E-state index in [2.05, 4.69) is 15.0 Å². The Morgan fingerprint density at radius 3 is 2.40 bits per heavy atom. The third kappa shape index (κ3) is 3.10. The van der Waals surface area contributed by atoms with Crippen LogP contribution in [0.4, 0.5) is 8.78 Å². The lowest BCUT2D eigenvalue weighted by atomic mass is 10.0. The smallest absolute Gasteiger partial charge is 0.269 e. The molecule has 3 aromatic heterocycles. The summed E-state index contributed by atoms with van der Waals surface area (Å²) >= 11 is 0. The van der Waals surface area contributed by atoms with Crippen molar-refractivity contribution in [2.45, 2.75) is 6.54 Å². The topological polar surface area (TPSA) is 60.7 Å². The Hall–Kier alpha value is -4.00. The molecule has 0 aliphatic heterocycles. The Morgan fingerprint density at radius 2 is 1.57 bits per heavy atom. The zero-order valence-corrected chi connectivity index (χ0v) is 15.6. The predicted octanol–water partition coefficient (Wildman–Crippen LogP) is 4.33. The van der Waals surface area contributed by atoms with Gasteiger partial charge < -0.3 is 4.57 Å². The van der Waals surface area contributed by atoms with Crippen molar-refractivity contribution in [3.05, 3.63) is 101 Å². The second-order valence-corrected chi connectivity index (χ2v) is 6.90. The van der Waals surface area contributed by atoms with E-state index in [1.165, 1.54) is 29.1 Å². The monoisotopic (exact) mass is 400 g/mol. The van der Waals surface area contributed by atoms with Crippen LogP contribution in [-0.2, 0) is 6.54 Å². The highest BCUT2D eigenvalue weighted by atomic mass is 19.1. The van der Waals surface area contributed by atoms with Crippen molar-refractivity contribution in [2.75, 3.05) is 0 Å². The molecule has 30 heavy (non-hydrogen) atoms. The first-order chi connectivity index (χ1) is 14.6. The first kappa shape index (κ1) is 18.1. The van der Waals surface area contributed by atoms with Gasteiger partial charge >= 0.3 is 0 Å². The molecule has 0 N–H and O–H groups in total. The van der Waals surface area contributed by atoms with Crippen molar-refractivity contribution in [3.63, 3.8) is 0 Å². The van der Waals surface area contributed by atoms with Gasteiger partial charge in [-0.3, -0.25) is 14.8 Å². The van der Waals surface area contributed by atoms with Crippen molar-refractivity contribution in [1.29, 1.82) is 0 Å². The molecule has 0 fully saturated rings. The van der Waals surface area contributed by atoms with Gasteiger partial charge in [0.15, 0.2) is 0 Å². The summed E-state index contributed by atoms with van der Waals surface area (Å²) in [6.45, 7) is -0.249. The molecule has 3 heterocycles. The van der Waals surface area contributed by atoms with Crippen molar-refractivity contribution in [2.24, 2.45) is 0 Å². The molecule has 0 unspecified atom stereocenters. The maximum absolute atomic E-state index is 14.9. The van der Waals surface area contributed by atoms with E-state index in [-0.39, 0.29) is 12.1 Å². The largest absolute Gasteiger partial charge is 0.301 e. The van der Waals surface area contributed by atoms with Gasteiger partial charge in [-0.15, -0.1) is 0 Å². The van der Waals surface area contributed by atoms with Gasteiger partial charge in [-0.05, 0) is 46.8 Å². The average molecular weight is 400 g/mol. The molecular weight excluding hydrogens is 386 g/mol. The van der Waals surface area contributed by atoms with Crippen LogP contribution in [0.1, 0.15) is 5.56 Å². The molecule has 0 saturated heterocycles. The van der Waals surface area contributed by atoms with Gasteiger partial charge in [0.2, 0.25) is 0 Å². The SMILES string of the molecule is O=c1cnc2cnccc2n1Cc1c(F)cc(-c2ccc3ccncc3c2)cc1F. The lowest BCUT2D eigenvalue weighted by molar-refractivity contribution is 0.545. The van der Waals surface area contributed by atoms with Gasteiger partial charge in [0.25, 0.3) is 5.56 Å². The third-order valence-corrected chi connectivity index (χ3v) is 5.08. The zero-order chi connectivity index (χ0) is 20.7. The lowest BCUT2D eigenvalue weighted by Gasteiger charge is -2.12. The molecule has 0 atom stereocenters. The summed E-state index contributed by atoms with van der Waals surface area (Å²) in [7, 11) is 0. The minimum absolute atomic E-state index is 0.187. The summed E-state index contributed by atoms with van der Waals surface area (Å²) in [4.78, 5) is 24.4. The molecule has 2 aromatic carbocycles. The second kappa shape index (κ2) is 7.11. The number of benzene rings is 2. The van der Waals surface area contributed by atoms with Crippen molar-refractivity contribution < 1.29 is 8.78 Å². The van der Waals surface area contributed by atoms with Crippen LogP contribution in [0.15, 0.2) is 78.2 Å². The highest BCUT2D eigenvalue weighted by molar-refractivity contribution is 5.86. The molecule has 0 saturated carbocycles. The van der Waals surface area contributed by atoms with Gasteiger partial charge in [0.05, 0.1) is 24.5 Å². The number of halogens is 2. The van der Waals surface area contributed by atoms with Crippen LogP contribution in [0, 0.1) is 11.6 Å². The summed E-state index contributed by atoms with van der Waals surface area (Å²) in [5.41, 5.74) is 1.39. The average Bonchev–Trinajstić information content (AvgIpc) is 2.77. The number of pyridine rings is 2. The highest BCUT2D eigenvalue weighted by Crippen LogP contribution is 2.28. The van der Waals surface area contributed by atoms with Crippen LogP contribution in [0.25, 0.3) is 32.9 Å². The minimum atomic E-state index is -0.720. The van der Waals surface area contributed by atoms with Gasteiger partial charge in [-0.1, -0.05) is 12.1 Å². The summed E-state index contributed by atoms with van der Waals surface area (Å²) < 4.78 is 31.1. The molecule has 5 rings (SSSR count). The first-order valence-electron chi connectivity index (χ1n) is 9.22. The molecule has 7 heteroatoms. The molecule has 0 aliphatic rings. The molecule has 0 spiro atoms. The Morgan fingerprint density at radius 1 is 0.800 bits per heavy atom. The summed E-state index contributed by atoms with van der Waals surface area (Å²) in [5, 5.41) is 1.87. The minimum Gasteiger partial charge on any atom is -0.301 e. The standard InChI is InChI=1S/C23H14F2N4O/c24-19-8-16(15-2-1-14-3-5-26-10-17(14)7-15)9-20(25)18(19)13-29-22-4-6-27-11-21(22)28-12-23(29)30/h1-12H,13H2. The number of aromatic nitrogens is 4. The van der Waals surface area contributed by atoms with Crippen LogP contribution in [-0.4, -0.2) is 19.5 Å². The molecule has 0 aliphatic carbocycles. The number of nitrogens with zero attached hydrogens (tertiary/aromatic N) is 4. The van der Waals surface area contributed by atoms with E-state index in [4.69, 9.17) is 0 Å². The van der Waals surface area contributed by atoms with E-state index >= 15 is 0 Å². The van der Waals surface area contributed by atoms with Gasteiger partial charge in [-0.2, -0.15) is 0 Å². The Balaban J connectivity index is 1.58. The van der Waals surface area contributed by atoms with Crippen molar-refractivity contribution in [3.8, 4) is 11.1 Å². The van der Waals surface area contributed by atoms with E-state index in [9.17, 15) is 13.6 Å². The van der Waals surface area contributed by atoms with E-state index in [0.717, 1.165) is 17.0 Å². The second-order valence-electron chi connectivity index (χ2n) is 6.90. The number of hydrogen-bond acceptors (Lipinski definition) is 4. The third-order valence-electron chi connectivity index (χ3n) is 5.08. The van der Waals surface area contributed by atoms with Gasteiger partial charge in [-0.25, -0.2) is 13.8 Å². The Kier molecular flexibility index (Phi) is 4.28. The quantitative estimate of drug-likeness (QED) is 0.452. The molecule has 0 amide bonds. The van der Waals surface area contributed by atoms with Crippen molar-refractivity contribution in [1.82, 2.24) is 19.5 Å². The van der Waals surface area contributed by atoms with Crippen LogP contribution >= 0.6 is 0 Å².